The zero-order valence-electron chi connectivity index (χ0n) is 16.3. The highest BCUT2D eigenvalue weighted by Crippen LogP contribution is 2.45. The van der Waals surface area contributed by atoms with Gasteiger partial charge in [0.2, 0.25) is 0 Å². The van der Waals surface area contributed by atoms with Crippen LogP contribution >= 0.6 is 0 Å². The van der Waals surface area contributed by atoms with E-state index in [1.165, 1.54) is 0 Å². The van der Waals surface area contributed by atoms with E-state index in [1.807, 2.05) is 0 Å². The maximum atomic E-state index is 10.3. The minimum absolute atomic E-state index is 0.381. The molecule has 0 saturated carbocycles. The van der Waals surface area contributed by atoms with E-state index in [2.05, 4.69) is 15.0 Å². The van der Waals surface area contributed by atoms with Gasteiger partial charge >= 0.3 is 0 Å². The number of phenols is 9. The number of nitrogens with zero attached hydrogens (tertiary/aromatic N) is 3. The Hall–Kier alpha value is -5.13. The topological polar surface area (TPSA) is 221 Å². The van der Waals surface area contributed by atoms with Crippen LogP contribution in [0.25, 0.3) is 34.2 Å². The fraction of sp³-hybridized carbons (Fsp3) is 0. The van der Waals surface area contributed by atoms with Gasteiger partial charge in [-0.05, 0) is 0 Å². The van der Waals surface area contributed by atoms with Gasteiger partial charge in [-0.1, -0.05) is 0 Å². The molecule has 0 saturated heterocycles. The van der Waals surface area contributed by atoms with Crippen LogP contribution in [0.15, 0.2) is 36.4 Å². The van der Waals surface area contributed by atoms with E-state index >= 15 is 0 Å². The number of hydrogen-bond acceptors (Lipinski definition) is 12. The summed E-state index contributed by atoms with van der Waals surface area (Å²) in [4.78, 5) is 12.1. The molecule has 0 fully saturated rings. The third-order valence-corrected chi connectivity index (χ3v) is 4.55. The van der Waals surface area contributed by atoms with Crippen LogP contribution in [0.4, 0.5) is 0 Å². The van der Waals surface area contributed by atoms with Gasteiger partial charge in [0.15, 0.2) is 17.5 Å². The van der Waals surface area contributed by atoms with Crippen molar-refractivity contribution in [1.82, 2.24) is 15.0 Å². The van der Waals surface area contributed by atoms with E-state index in [1.54, 1.807) is 0 Å². The Labute approximate surface area is 183 Å². The van der Waals surface area contributed by atoms with Crippen LogP contribution in [0.5, 0.6) is 51.7 Å². The molecule has 9 N–H and O–H groups in total. The molecule has 168 valence electrons. The summed E-state index contributed by atoms with van der Waals surface area (Å²) in [7, 11) is 0. The molecule has 0 bridgehead atoms. The molecule has 3 aromatic carbocycles. The molecule has 0 spiro atoms. The van der Waals surface area contributed by atoms with E-state index < -0.39 is 69.2 Å². The largest absolute Gasteiger partial charge is 0.508 e. The second-order valence-corrected chi connectivity index (χ2v) is 6.88. The first-order chi connectivity index (χ1) is 15.5. The minimum atomic E-state index is -0.645. The first kappa shape index (κ1) is 21.1. The molecule has 0 unspecified atom stereocenters. The molecule has 33 heavy (non-hydrogen) atoms. The van der Waals surface area contributed by atoms with Crippen LogP contribution in [-0.2, 0) is 0 Å². The number of rotatable bonds is 3. The van der Waals surface area contributed by atoms with Crippen molar-refractivity contribution in [2.75, 3.05) is 0 Å². The van der Waals surface area contributed by atoms with Gasteiger partial charge in [0.05, 0.1) is 0 Å². The van der Waals surface area contributed by atoms with Crippen molar-refractivity contribution in [2.45, 2.75) is 0 Å². The molecule has 0 amide bonds. The summed E-state index contributed by atoms with van der Waals surface area (Å²) in [6.07, 6.45) is 0. The molecule has 0 atom stereocenters. The van der Waals surface area contributed by atoms with Gasteiger partial charge in [0.1, 0.15) is 68.4 Å². The van der Waals surface area contributed by atoms with Crippen molar-refractivity contribution >= 4 is 0 Å². The van der Waals surface area contributed by atoms with Crippen molar-refractivity contribution in [3.8, 4) is 85.9 Å². The van der Waals surface area contributed by atoms with Gasteiger partial charge in [0, 0.05) is 36.4 Å². The quantitative estimate of drug-likeness (QED) is 0.218. The van der Waals surface area contributed by atoms with Crippen LogP contribution in [-0.4, -0.2) is 60.9 Å². The van der Waals surface area contributed by atoms with Gasteiger partial charge in [-0.25, -0.2) is 15.0 Å². The lowest BCUT2D eigenvalue weighted by Crippen LogP contribution is -2.01. The summed E-state index contributed by atoms with van der Waals surface area (Å²) in [6, 6.07) is 5.35. The summed E-state index contributed by atoms with van der Waals surface area (Å²) in [5.74, 6) is -6.59. The molecule has 0 aliphatic rings. The number of aromatic hydroxyl groups is 9. The van der Waals surface area contributed by atoms with Crippen LogP contribution in [0.3, 0.4) is 0 Å². The Bertz CT molecular complexity index is 1170. The van der Waals surface area contributed by atoms with Crippen molar-refractivity contribution in [3.05, 3.63) is 36.4 Å². The lowest BCUT2D eigenvalue weighted by Gasteiger charge is -2.13. The second-order valence-electron chi connectivity index (χ2n) is 6.88. The average Bonchev–Trinajstić information content (AvgIpc) is 2.65. The fourth-order valence-corrected chi connectivity index (χ4v) is 3.19. The highest BCUT2D eigenvalue weighted by molar-refractivity contribution is 5.80. The first-order valence-electron chi connectivity index (χ1n) is 9.07. The Kier molecular flexibility index (Phi) is 4.82. The molecule has 1 heterocycles. The predicted molar refractivity (Wildman–Crippen MR) is 111 cm³/mol. The molecule has 4 rings (SSSR count). The van der Waals surface area contributed by atoms with Gasteiger partial charge in [-0.15, -0.1) is 0 Å². The Morgan fingerprint density at radius 2 is 0.515 bits per heavy atom. The summed E-state index contributed by atoms with van der Waals surface area (Å²) >= 11 is 0. The third kappa shape index (κ3) is 3.72. The van der Waals surface area contributed by atoms with E-state index in [0.717, 1.165) is 36.4 Å². The number of benzene rings is 3. The summed E-state index contributed by atoms with van der Waals surface area (Å²) in [5, 5.41) is 90.3. The molecule has 0 aliphatic carbocycles. The number of phenolic OH excluding ortho intramolecular Hbond substituents is 9. The van der Waals surface area contributed by atoms with Crippen LogP contribution in [0, 0.1) is 0 Å². The molecule has 12 nitrogen and oxygen atoms in total. The molecule has 12 heteroatoms. The Balaban J connectivity index is 2.08. The standard InChI is InChI=1S/C21H15N3O9/c25-7-1-10(28)16(11(29)2-7)19-22-20(17-12(30)3-8(26)4-13(17)31)24-21(23-19)18-14(32)5-9(27)6-15(18)33/h1-6,25-33H. The van der Waals surface area contributed by atoms with Crippen molar-refractivity contribution in [2.24, 2.45) is 0 Å². The zero-order valence-corrected chi connectivity index (χ0v) is 16.3. The van der Waals surface area contributed by atoms with Crippen molar-refractivity contribution in [3.63, 3.8) is 0 Å². The lowest BCUT2D eigenvalue weighted by molar-refractivity contribution is 0.429. The number of hydrogen-bond donors (Lipinski definition) is 9. The molecule has 0 aliphatic heterocycles. The van der Waals surface area contributed by atoms with E-state index in [9.17, 15) is 46.0 Å². The Morgan fingerprint density at radius 1 is 0.333 bits per heavy atom. The average molecular weight is 453 g/mol. The highest BCUT2D eigenvalue weighted by atomic mass is 16.3. The summed E-state index contributed by atoms with van der Waals surface area (Å²) in [6.45, 7) is 0. The van der Waals surface area contributed by atoms with Gasteiger partial charge in [-0.2, -0.15) is 0 Å². The number of aromatic nitrogens is 3. The van der Waals surface area contributed by atoms with Crippen LogP contribution in [0.1, 0.15) is 0 Å². The molecular weight excluding hydrogens is 438 g/mol. The summed E-state index contributed by atoms with van der Waals surface area (Å²) in [5.41, 5.74) is -1.14. The molecule has 0 radical (unpaired) electrons. The van der Waals surface area contributed by atoms with Crippen molar-refractivity contribution < 1.29 is 46.0 Å². The second kappa shape index (κ2) is 7.53. The van der Waals surface area contributed by atoms with Gasteiger partial charge in [-0.3, -0.25) is 0 Å². The van der Waals surface area contributed by atoms with E-state index in [-0.39, 0.29) is 16.7 Å². The zero-order chi connectivity index (χ0) is 24.0. The third-order valence-electron chi connectivity index (χ3n) is 4.55. The van der Waals surface area contributed by atoms with Crippen molar-refractivity contribution in [1.29, 1.82) is 0 Å². The van der Waals surface area contributed by atoms with Gasteiger partial charge in [0.25, 0.3) is 0 Å². The van der Waals surface area contributed by atoms with Gasteiger partial charge < -0.3 is 46.0 Å². The highest BCUT2D eigenvalue weighted by Gasteiger charge is 2.24. The lowest BCUT2D eigenvalue weighted by atomic mass is 10.1. The summed E-state index contributed by atoms with van der Waals surface area (Å²) < 4.78 is 0. The van der Waals surface area contributed by atoms with Crippen LogP contribution < -0.4 is 0 Å². The maximum Gasteiger partial charge on any atom is 0.171 e. The molecular formula is C21H15N3O9. The molecule has 4 aromatic rings. The molecule has 1 aromatic heterocycles. The smallest absolute Gasteiger partial charge is 0.171 e. The monoisotopic (exact) mass is 453 g/mol. The van der Waals surface area contributed by atoms with E-state index in [0.29, 0.717) is 0 Å². The van der Waals surface area contributed by atoms with E-state index in [4.69, 9.17) is 0 Å². The maximum absolute atomic E-state index is 10.3. The first-order valence-corrected chi connectivity index (χ1v) is 9.07. The minimum Gasteiger partial charge on any atom is -0.508 e. The Morgan fingerprint density at radius 3 is 0.697 bits per heavy atom. The SMILES string of the molecule is Oc1cc(O)c(-c2nc(-c3c(O)cc(O)cc3O)nc(-c3c(O)cc(O)cc3O)n2)c(O)c1. The van der Waals surface area contributed by atoms with Crippen LogP contribution in [0.2, 0.25) is 0 Å². The fourth-order valence-electron chi connectivity index (χ4n) is 3.19. The predicted octanol–water partition coefficient (Wildman–Crippen LogP) is 2.22. The normalized spacial score (nSPS) is 10.9.